The smallest absolute Gasteiger partial charge is 0.299 e. The summed E-state index contributed by atoms with van der Waals surface area (Å²) in [5.41, 5.74) is -2.39. The number of aromatic nitrogens is 2. The van der Waals surface area contributed by atoms with Gasteiger partial charge in [-0.25, -0.2) is 4.98 Å². The Balaban J connectivity index is 1.92. The Morgan fingerprint density at radius 1 is 0.677 bits per heavy atom. The molecular formula is C23H12F6N2. The molecule has 2 heterocycles. The second-order valence-corrected chi connectivity index (χ2v) is 7.12. The highest BCUT2D eigenvalue weighted by Gasteiger charge is 2.41. The normalized spacial score (nSPS) is 12.8. The SMILES string of the molecule is FC(F)(F)c1cccc(C(F)(F)F)c1-c1ccc2c(c1)c1ccccc1c1nccn21. The third kappa shape index (κ3) is 3.01. The summed E-state index contributed by atoms with van der Waals surface area (Å²) < 4.78 is 83.7. The van der Waals surface area contributed by atoms with Gasteiger partial charge in [-0.15, -0.1) is 0 Å². The van der Waals surface area contributed by atoms with Crippen molar-refractivity contribution in [1.29, 1.82) is 0 Å². The average molecular weight is 430 g/mol. The van der Waals surface area contributed by atoms with Crippen LogP contribution in [0.1, 0.15) is 11.1 Å². The number of nitrogens with zero attached hydrogens (tertiary/aromatic N) is 2. The molecule has 5 rings (SSSR count). The highest BCUT2D eigenvalue weighted by molar-refractivity contribution is 6.12. The van der Waals surface area contributed by atoms with Gasteiger partial charge < -0.3 is 0 Å². The van der Waals surface area contributed by atoms with Crippen molar-refractivity contribution in [1.82, 2.24) is 9.38 Å². The van der Waals surface area contributed by atoms with Gasteiger partial charge in [0.05, 0.1) is 16.6 Å². The Labute approximate surface area is 171 Å². The van der Waals surface area contributed by atoms with E-state index in [-0.39, 0.29) is 5.56 Å². The third-order valence-electron chi connectivity index (χ3n) is 5.32. The molecule has 0 radical (unpaired) electrons. The van der Waals surface area contributed by atoms with Gasteiger partial charge >= 0.3 is 12.4 Å². The first kappa shape index (κ1) is 19.4. The van der Waals surface area contributed by atoms with E-state index in [1.54, 1.807) is 35.0 Å². The van der Waals surface area contributed by atoms with Crippen LogP contribution in [-0.4, -0.2) is 9.38 Å². The van der Waals surface area contributed by atoms with Crippen molar-refractivity contribution in [2.75, 3.05) is 0 Å². The van der Waals surface area contributed by atoms with Crippen LogP contribution in [0, 0.1) is 0 Å². The minimum Gasteiger partial charge on any atom is -0.299 e. The summed E-state index contributed by atoms with van der Waals surface area (Å²) in [6.45, 7) is 0. The van der Waals surface area contributed by atoms with Gasteiger partial charge in [0.25, 0.3) is 0 Å². The van der Waals surface area contributed by atoms with Gasteiger partial charge in [0.1, 0.15) is 5.65 Å². The number of pyridine rings is 1. The number of hydrogen-bond acceptors (Lipinski definition) is 1. The molecule has 0 aliphatic carbocycles. The number of imidazole rings is 1. The summed E-state index contributed by atoms with van der Waals surface area (Å²) >= 11 is 0. The number of benzene rings is 3. The molecule has 0 N–H and O–H groups in total. The van der Waals surface area contributed by atoms with Crippen LogP contribution in [0.4, 0.5) is 26.3 Å². The topological polar surface area (TPSA) is 17.3 Å². The Morgan fingerprint density at radius 2 is 1.32 bits per heavy atom. The Kier molecular flexibility index (Phi) is 4.05. The van der Waals surface area contributed by atoms with Crippen molar-refractivity contribution in [3.63, 3.8) is 0 Å². The third-order valence-corrected chi connectivity index (χ3v) is 5.32. The van der Waals surface area contributed by atoms with Gasteiger partial charge in [-0.05, 0) is 35.2 Å². The fraction of sp³-hybridized carbons (Fsp3) is 0.0870. The predicted molar refractivity (Wildman–Crippen MR) is 106 cm³/mol. The van der Waals surface area contributed by atoms with E-state index < -0.39 is 29.0 Å². The quantitative estimate of drug-likeness (QED) is 0.201. The van der Waals surface area contributed by atoms with Crippen molar-refractivity contribution >= 4 is 27.3 Å². The summed E-state index contributed by atoms with van der Waals surface area (Å²) in [7, 11) is 0. The largest absolute Gasteiger partial charge is 0.417 e. The summed E-state index contributed by atoms with van der Waals surface area (Å²) in [5.74, 6) is 0. The second-order valence-electron chi connectivity index (χ2n) is 7.12. The molecule has 156 valence electrons. The lowest BCUT2D eigenvalue weighted by Crippen LogP contribution is -2.14. The van der Waals surface area contributed by atoms with Crippen molar-refractivity contribution in [3.8, 4) is 11.1 Å². The summed E-state index contributed by atoms with van der Waals surface area (Å²) in [4.78, 5) is 4.34. The Hall–Kier alpha value is -3.55. The molecule has 5 aromatic rings. The van der Waals surface area contributed by atoms with Gasteiger partial charge in [0.15, 0.2) is 0 Å². The average Bonchev–Trinajstić information content (AvgIpc) is 3.22. The molecule has 3 aromatic carbocycles. The highest BCUT2D eigenvalue weighted by atomic mass is 19.4. The summed E-state index contributed by atoms with van der Waals surface area (Å²) in [6, 6.07) is 13.5. The monoisotopic (exact) mass is 430 g/mol. The molecule has 2 aromatic heterocycles. The molecule has 0 bridgehead atoms. The fourth-order valence-corrected chi connectivity index (χ4v) is 4.06. The molecule has 31 heavy (non-hydrogen) atoms. The number of alkyl halides is 6. The van der Waals surface area contributed by atoms with Crippen LogP contribution in [0.5, 0.6) is 0 Å². The fourth-order valence-electron chi connectivity index (χ4n) is 4.06. The minimum atomic E-state index is -4.94. The molecule has 8 heteroatoms. The zero-order chi connectivity index (χ0) is 22.0. The van der Waals surface area contributed by atoms with Crippen molar-refractivity contribution < 1.29 is 26.3 Å². The van der Waals surface area contributed by atoms with E-state index >= 15 is 0 Å². The van der Waals surface area contributed by atoms with Crippen LogP contribution in [0.15, 0.2) is 73.1 Å². The summed E-state index contributed by atoms with van der Waals surface area (Å²) in [6.07, 6.45) is -6.59. The van der Waals surface area contributed by atoms with Gasteiger partial charge in [-0.2, -0.15) is 26.3 Å². The molecule has 0 saturated carbocycles. The van der Waals surface area contributed by atoms with Gasteiger partial charge in [0.2, 0.25) is 0 Å². The van der Waals surface area contributed by atoms with Gasteiger partial charge in [0, 0.05) is 28.7 Å². The lowest BCUT2D eigenvalue weighted by Gasteiger charge is -2.19. The molecule has 0 fully saturated rings. The summed E-state index contributed by atoms with van der Waals surface area (Å²) in [5, 5.41) is 1.97. The first-order valence-corrected chi connectivity index (χ1v) is 9.21. The molecule has 0 aliphatic heterocycles. The van der Waals surface area contributed by atoms with E-state index in [0.717, 1.165) is 11.5 Å². The van der Waals surface area contributed by atoms with E-state index in [1.165, 1.54) is 18.2 Å². The molecular weight excluding hydrogens is 418 g/mol. The van der Waals surface area contributed by atoms with E-state index in [0.29, 0.717) is 34.1 Å². The van der Waals surface area contributed by atoms with E-state index in [9.17, 15) is 26.3 Å². The molecule has 0 unspecified atom stereocenters. The van der Waals surface area contributed by atoms with Gasteiger partial charge in [-0.1, -0.05) is 36.4 Å². The first-order valence-electron chi connectivity index (χ1n) is 9.21. The lowest BCUT2D eigenvalue weighted by atomic mass is 9.92. The first-order chi connectivity index (χ1) is 14.7. The predicted octanol–water partition coefficient (Wildman–Crippen LogP) is 7.35. The maximum absolute atomic E-state index is 13.7. The molecule has 2 nitrogen and oxygen atoms in total. The highest BCUT2D eigenvalue weighted by Crippen LogP contribution is 2.45. The van der Waals surface area contributed by atoms with Crippen LogP contribution in [-0.2, 0) is 12.4 Å². The lowest BCUT2D eigenvalue weighted by molar-refractivity contribution is -0.142. The molecule has 0 saturated heterocycles. The maximum Gasteiger partial charge on any atom is 0.417 e. The van der Waals surface area contributed by atoms with E-state index in [4.69, 9.17) is 0 Å². The molecule has 0 aliphatic rings. The van der Waals surface area contributed by atoms with Gasteiger partial charge in [-0.3, -0.25) is 4.40 Å². The maximum atomic E-state index is 13.7. The van der Waals surface area contributed by atoms with Crippen LogP contribution in [0.25, 0.3) is 38.4 Å². The van der Waals surface area contributed by atoms with Crippen molar-refractivity contribution in [2.24, 2.45) is 0 Å². The zero-order valence-corrected chi connectivity index (χ0v) is 15.6. The Bertz CT molecular complexity index is 1430. The standard InChI is InChI=1S/C23H12F6N2/c24-22(25,26)17-6-3-7-18(23(27,28)29)20(17)13-8-9-19-16(12-13)14-4-1-2-5-15(14)21-30-10-11-31(19)21/h1-12H. The molecule has 0 spiro atoms. The van der Waals surface area contributed by atoms with E-state index in [2.05, 4.69) is 4.98 Å². The van der Waals surface area contributed by atoms with Crippen molar-refractivity contribution in [2.45, 2.75) is 12.4 Å². The molecule has 0 atom stereocenters. The number of rotatable bonds is 1. The second kappa shape index (κ2) is 6.47. The number of halogens is 6. The van der Waals surface area contributed by atoms with E-state index in [1.807, 2.05) is 6.07 Å². The number of hydrogen-bond donors (Lipinski definition) is 0. The van der Waals surface area contributed by atoms with Crippen LogP contribution in [0.3, 0.4) is 0 Å². The minimum absolute atomic E-state index is 0.155. The van der Waals surface area contributed by atoms with Crippen molar-refractivity contribution in [3.05, 3.63) is 84.2 Å². The van der Waals surface area contributed by atoms with Crippen LogP contribution >= 0.6 is 0 Å². The van der Waals surface area contributed by atoms with Crippen LogP contribution < -0.4 is 0 Å². The zero-order valence-electron chi connectivity index (χ0n) is 15.6. The Morgan fingerprint density at radius 3 is 1.97 bits per heavy atom. The molecule has 0 amide bonds. The van der Waals surface area contributed by atoms with Crippen LogP contribution in [0.2, 0.25) is 0 Å². The number of fused-ring (bicyclic) bond motifs is 6.